The van der Waals surface area contributed by atoms with Gasteiger partial charge in [-0.3, -0.25) is 4.79 Å². The second kappa shape index (κ2) is 7.45. The van der Waals surface area contributed by atoms with Crippen molar-refractivity contribution in [3.63, 3.8) is 0 Å². The molecular weight excluding hydrogens is 282 g/mol. The van der Waals surface area contributed by atoms with Crippen LogP contribution in [0.25, 0.3) is 0 Å². The van der Waals surface area contributed by atoms with E-state index >= 15 is 0 Å². The smallest absolute Gasteiger partial charge is 0.228 e. The maximum Gasteiger partial charge on any atom is 0.228 e. The van der Waals surface area contributed by atoms with Gasteiger partial charge in [-0.1, -0.05) is 73.0 Å². The summed E-state index contributed by atoms with van der Waals surface area (Å²) < 4.78 is 0. The minimum atomic E-state index is -0.0100. The molecule has 1 aliphatic rings. The van der Waals surface area contributed by atoms with Gasteiger partial charge in [0.05, 0.1) is 5.92 Å². The van der Waals surface area contributed by atoms with Gasteiger partial charge in [0, 0.05) is 6.54 Å². The van der Waals surface area contributed by atoms with Gasteiger partial charge in [-0.15, -0.1) is 0 Å². The molecule has 2 heteroatoms. The van der Waals surface area contributed by atoms with E-state index in [0.29, 0.717) is 12.5 Å². The molecule has 1 N–H and O–H groups in total. The highest BCUT2D eigenvalue weighted by molar-refractivity contribution is 5.84. The standard InChI is InChI=1S/C21H25NO/c1-16-11-13-17(14-12-16)15-22-21(23)20(19-9-5-6-10-19)18-7-3-2-4-8-18/h2-4,7-8,11-14,19-20H,5-6,9-10,15H2,1H3,(H,22,23). The first-order valence-electron chi connectivity index (χ1n) is 8.62. The van der Waals surface area contributed by atoms with Crippen molar-refractivity contribution < 1.29 is 4.79 Å². The summed E-state index contributed by atoms with van der Waals surface area (Å²) in [6.07, 6.45) is 4.83. The fourth-order valence-electron chi connectivity index (χ4n) is 3.59. The highest BCUT2D eigenvalue weighted by atomic mass is 16.1. The summed E-state index contributed by atoms with van der Waals surface area (Å²) >= 11 is 0. The first kappa shape index (κ1) is 15.8. The summed E-state index contributed by atoms with van der Waals surface area (Å²) in [5, 5.41) is 3.15. The van der Waals surface area contributed by atoms with Gasteiger partial charge in [0.15, 0.2) is 0 Å². The molecule has 2 nitrogen and oxygen atoms in total. The first-order chi connectivity index (χ1) is 11.2. The Bertz CT molecular complexity index is 627. The fraction of sp³-hybridized carbons (Fsp3) is 0.381. The SMILES string of the molecule is Cc1ccc(CNC(=O)C(c2ccccc2)C2CCCC2)cc1. The summed E-state index contributed by atoms with van der Waals surface area (Å²) in [5.41, 5.74) is 3.55. The number of aryl methyl sites for hydroxylation is 1. The van der Waals surface area contributed by atoms with Crippen LogP contribution in [0.2, 0.25) is 0 Å². The lowest BCUT2D eigenvalue weighted by molar-refractivity contribution is -0.123. The van der Waals surface area contributed by atoms with Gasteiger partial charge in [-0.25, -0.2) is 0 Å². The topological polar surface area (TPSA) is 29.1 Å². The number of amides is 1. The third-order valence-electron chi connectivity index (χ3n) is 4.90. The second-order valence-electron chi connectivity index (χ2n) is 6.64. The molecule has 0 bridgehead atoms. The zero-order valence-electron chi connectivity index (χ0n) is 13.8. The number of hydrogen-bond donors (Lipinski definition) is 1. The van der Waals surface area contributed by atoms with Crippen LogP contribution in [-0.4, -0.2) is 5.91 Å². The molecule has 1 atom stereocenters. The molecule has 0 saturated heterocycles. The van der Waals surface area contributed by atoms with E-state index in [0.717, 1.165) is 24.0 Å². The number of benzene rings is 2. The van der Waals surface area contributed by atoms with Crippen LogP contribution < -0.4 is 5.32 Å². The highest BCUT2D eigenvalue weighted by Gasteiger charge is 2.31. The van der Waals surface area contributed by atoms with E-state index in [-0.39, 0.29) is 11.8 Å². The molecule has 0 radical (unpaired) electrons. The van der Waals surface area contributed by atoms with Gasteiger partial charge < -0.3 is 5.32 Å². The van der Waals surface area contributed by atoms with E-state index in [2.05, 4.69) is 48.6 Å². The van der Waals surface area contributed by atoms with Gasteiger partial charge in [-0.05, 0) is 36.8 Å². The zero-order valence-corrected chi connectivity index (χ0v) is 13.8. The van der Waals surface area contributed by atoms with Gasteiger partial charge in [-0.2, -0.15) is 0 Å². The van der Waals surface area contributed by atoms with Crippen molar-refractivity contribution in [1.82, 2.24) is 5.32 Å². The summed E-state index contributed by atoms with van der Waals surface area (Å²) in [6.45, 7) is 2.68. The summed E-state index contributed by atoms with van der Waals surface area (Å²) in [4.78, 5) is 12.9. The Balaban J connectivity index is 1.71. The molecule has 1 amide bonds. The van der Waals surface area contributed by atoms with Gasteiger partial charge in [0.25, 0.3) is 0 Å². The Morgan fingerprint density at radius 2 is 1.70 bits per heavy atom. The quantitative estimate of drug-likeness (QED) is 0.860. The summed E-state index contributed by atoms with van der Waals surface area (Å²) in [6, 6.07) is 18.6. The molecule has 23 heavy (non-hydrogen) atoms. The summed E-state index contributed by atoms with van der Waals surface area (Å²) in [7, 11) is 0. The van der Waals surface area contributed by atoms with E-state index in [9.17, 15) is 4.79 Å². The fourth-order valence-corrected chi connectivity index (χ4v) is 3.59. The number of carbonyl (C=O) groups is 1. The molecule has 2 aromatic carbocycles. The van der Waals surface area contributed by atoms with Crippen LogP contribution in [0, 0.1) is 12.8 Å². The van der Waals surface area contributed by atoms with Crippen molar-refractivity contribution in [2.24, 2.45) is 5.92 Å². The molecule has 1 aliphatic carbocycles. The zero-order chi connectivity index (χ0) is 16.1. The normalized spacial score (nSPS) is 16.2. The lowest BCUT2D eigenvalue weighted by atomic mass is 9.84. The molecule has 3 rings (SSSR count). The van der Waals surface area contributed by atoms with E-state index in [1.54, 1.807) is 0 Å². The average Bonchev–Trinajstić information content (AvgIpc) is 3.10. The second-order valence-corrected chi connectivity index (χ2v) is 6.64. The van der Waals surface area contributed by atoms with Crippen LogP contribution in [0.3, 0.4) is 0 Å². The maximum atomic E-state index is 12.9. The van der Waals surface area contributed by atoms with Crippen LogP contribution in [0.15, 0.2) is 54.6 Å². The van der Waals surface area contributed by atoms with E-state index in [4.69, 9.17) is 0 Å². The van der Waals surface area contributed by atoms with Crippen LogP contribution in [0.4, 0.5) is 0 Å². The molecule has 1 fully saturated rings. The number of rotatable bonds is 5. The van der Waals surface area contributed by atoms with Crippen LogP contribution in [-0.2, 0) is 11.3 Å². The van der Waals surface area contributed by atoms with Crippen molar-refractivity contribution in [2.75, 3.05) is 0 Å². The molecule has 0 aliphatic heterocycles. The van der Waals surface area contributed by atoms with E-state index in [1.165, 1.54) is 18.4 Å². The molecule has 2 aromatic rings. The van der Waals surface area contributed by atoms with Crippen molar-refractivity contribution in [3.8, 4) is 0 Å². The Kier molecular flexibility index (Phi) is 5.12. The lowest BCUT2D eigenvalue weighted by Gasteiger charge is -2.23. The van der Waals surface area contributed by atoms with E-state index < -0.39 is 0 Å². The third-order valence-corrected chi connectivity index (χ3v) is 4.90. The van der Waals surface area contributed by atoms with Crippen molar-refractivity contribution >= 4 is 5.91 Å². The van der Waals surface area contributed by atoms with Gasteiger partial charge >= 0.3 is 0 Å². The Morgan fingerprint density at radius 3 is 2.35 bits per heavy atom. The maximum absolute atomic E-state index is 12.9. The molecule has 1 unspecified atom stereocenters. The molecule has 120 valence electrons. The molecule has 0 aromatic heterocycles. The predicted molar refractivity (Wildman–Crippen MR) is 94.2 cm³/mol. The van der Waals surface area contributed by atoms with Crippen LogP contribution >= 0.6 is 0 Å². The van der Waals surface area contributed by atoms with Crippen LogP contribution in [0.5, 0.6) is 0 Å². The lowest BCUT2D eigenvalue weighted by Crippen LogP contribution is -2.32. The minimum absolute atomic E-state index is 0.0100. The van der Waals surface area contributed by atoms with Crippen molar-refractivity contribution in [2.45, 2.75) is 45.1 Å². The van der Waals surface area contributed by atoms with Gasteiger partial charge in [0.2, 0.25) is 5.91 Å². The Morgan fingerprint density at radius 1 is 1.04 bits per heavy atom. The number of carbonyl (C=O) groups excluding carboxylic acids is 1. The van der Waals surface area contributed by atoms with E-state index in [1.807, 2.05) is 18.2 Å². The molecule has 1 saturated carbocycles. The minimum Gasteiger partial charge on any atom is -0.351 e. The number of hydrogen-bond acceptors (Lipinski definition) is 1. The Hall–Kier alpha value is -2.09. The molecular formula is C21H25NO. The third kappa shape index (κ3) is 4.01. The number of nitrogens with one attached hydrogen (secondary N) is 1. The summed E-state index contributed by atoms with van der Waals surface area (Å²) in [5.74, 6) is 0.642. The predicted octanol–water partition coefficient (Wildman–Crippen LogP) is 4.59. The Labute approximate surface area is 138 Å². The van der Waals surface area contributed by atoms with Crippen molar-refractivity contribution in [3.05, 3.63) is 71.3 Å². The molecule has 0 heterocycles. The van der Waals surface area contributed by atoms with Crippen molar-refractivity contribution in [1.29, 1.82) is 0 Å². The highest BCUT2D eigenvalue weighted by Crippen LogP contribution is 2.37. The molecule has 0 spiro atoms. The van der Waals surface area contributed by atoms with Crippen LogP contribution in [0.1, 0.15) is 48.3 Å². The van der Waals surface area contributed by atoms with Gasteiger partial charge in [0.1, 0.15) is 0 Å². The largest absolute Gasteiger partial charge is 0.351 e. The average molecular weight is 307 g/mol. The first-order valence-corrected chi connectivity index (χ1v) is 8.62. The monoisotopic (exact) mass is 307 g/mol.